The fourth-order valence-corrected chi connectivity index (χ4v) is 4.86. The molecule has 2 atom stereocenters. The zero-order valence-corrected chi connectivity index (χ0v) is 14.3. The minimum atomic E-state index is -0.00306. The van der Waals surface area contributed by atoms with Crippen molar-refractivity contribution in [2.75, 3.05) is 25.0 Å². The number of fused-ring (bicyclic) bond motifs is 4. The molecule has 0 saturated carbocycles. The quantitative estimate of drug-likeness (QED) is 0.909. The third-order valence-electron chi connectivity index (χ3n) is 6.10. The van der Waals surface area contributed by atoms with Crippen LogP contribution in [0.15, 0.2) is 54.6 Å². The molecule has 4 aliphatic heterocycles. The molecule has 2 unspecified atom stereocenters. The van der Waals surface area contributed by atoms with E-state index in [1.165, 1.54) is 37.1 Å². The summed E-state index contributed by atoms with van der Waals surface area (Å²) in [6.07, 6.45) is 2.41. The van der Waals surface area contributed by atoms with Gasteiger partial charge in [0.1, 0.15) is 0 Å². The van der Waals surface area contributed by atoms with E-state index in [0.29, 0.717) is 12.0 Å². The molecule has 0 spiro atoms. The average molecular weight is 333 g/mol. The van der Waals surface area contributed by atoms with Gasteiger partial charge in [0, 0.05) is 17.8 Å². The van der Waals surface area contributed by atoms with Crippen molar-refractivity contribution >= 4 is 11.7 Å². The zero-order chi connectivity index (χ0) is 16.8. The summed E-state index contributed by atoms with van der Waals surface area (Å²) >= 11 is 0. The molecule has 2 amide bonds. The first-order valence-corrected chi connectivity index (χ1v) is 9.27. The molecule has 1 N–H and O–H groups in total. The molecular weight excluding hydrogens is 310 g/mol. The van der Waals surface area contributed by atoms with Crippen LogP contribution < -0.4 is 5.32 Å². The molecule has 128 valence electrons. The van der Waals surface area contributed by atoms with Crippen LogP contribution in [-0.2, 0) is 0 Å². The molecule has 4 nitrogen and oxygen atoms in total. The number of nitrogens with zero attached hydrogens (tertiary/aromatic N) is 2. The predicted octanol–water partition coefficient (Wildman–Crippen LogP) is 3.72. The first kappa shape index (κ1) is 15.0. The van der Waals surface area contributed by atoms with Crippen molar-refractivity contribution in [1.29, 1.82) is 0 Å². The number of amides is 2. The van der Waals surface area contributed by atoms with Gasteiger partial charge >= 0.3 is 6.03 Å². The Balaban J connectivity index is 1.62. The maximum absolute atomic E-state index is 13.1. The van der Waals surface area contributed by atoms with Gasteiger partial charge in [-0.05, 0) is 43.5 Å². The van der Waals surface area contributed by atoms with Crippen molar-refractivity contribution in [2.24, 2.45) is 5.92 Å². The summed E-state index contributed by atoms with van der Waals surface area (Å²) in [7, 11) is 0. The number of para-hydroxylation sites is 1. The highest BCUT2D eigenvalue weighted by atomic mass is 16.2. The van der Waals surface area contributed by atoms with Crippen LogP contribution >= 0.6 is 0 Å². The van der Waals surface area contributed by atoms with E-state index in [1.807, 2.05) is 18.2 Å². The van der Waals surface area contributed by atoms with Gasteiger partial charge in [0.25, 0.3) is 0 Å². The van der Waals surface area contributed by atoms with Crippen LogP contribution in [-0.4, -0.2) is 41.5 Å². The second-order valence-electron chi connectivity index (χ2n) is 7.44. The lowest BCUT2D eigenvalue weighted by Gasteiger charge is -2.52. The fourth-order valence-electron chi connectivity index (χ4n) is 4.86. The summed E-state index contributed by atoms with van der Waals surface area (Å²) in [6.45, 7) is 3.37. The smallest absolute Gasteiger partial charge is 0.309 e. The van der Waals surface area contributed by atoms with Gasteiger partial charge in [0.05, 0.1) is 12.1 Å². The molecule has 3 fully saturated rings. The van der Waals surface area contributed by atoms with Crippen LogP contribution in [0, 0.1) is 5.92 Å². The van der Waals surface area contributed by atoms with Crippen molar-refractivity contribution < 1.29 is 4.79 Å². The van der Waals surface area contributed by atoms with Crippen molar-refractivity contribution in [1.82, 2.24) is 9.80 Å². The first-order valence-electron chi connectivity index (χ1n) is 9.27. The van der Waals surface area contributed by atoms with E-state index >= 15 is 0 Å². The highest BCUT2D eigenvalue weighted by Gasteiger charge is 2.44. The number of piperidine rings is 3. The minimum Gasteiger partial charge on any atom is -0.309 e. The molecule has 2 bridgehead atoms. The van der Waals surface area contributed by atoms with E-state index < -0.39 is 0 Å². The number of carbonyl (C=O) groups excluding carboxylic acids is 1. The van der Waals surface area contributed by atoms with E-state index in [9.17, 15) is 4.79 Å². The maximum Gasteiger partial charge on any atom is 0.322 e. The molecule has 4 aliphatic rings. The molecule has 25 heavy (non-hydrogen) atoms. The van der Waals surface area contributed by atoms with Crippen molar-refractivity contribution in [3.8, 4) is 0 Å². The largest absolute Gasteiger partial charge is 0.322 e. The van der Waals surface area contributed by atoms with Crippen LogP contribution in [0.4, 0.5) is 10.5 Å². The SMILES string of the molecule is O=C1Nc2ccccc2C(c2ccccc2)N1C1CN2CCC1CC2. The summed E-state index contributed by atoms with van der Waals surface area (Å²) in [5.41, 5.74) is 3.34. The van der Waals surface area contributed by atoms with E-state index in [0.717, 1.165) is 12.2 Å². The Morgan fingerprint density at radius 2 is 1.64 bits per heavy atom. The minimum absolute atomic E-state index is 0.00306. The van der Waals surface area contributed by atoms with Crippen LogP contribution in [0.1, 0.15) is 30.0 Å². The molecule has 2 aromatic carbocycles. The number of anilines is 1. The highest BCUT2D eigenvalue weighted by Crippen LogP contribution is 2.42. The van der Waals surface area contributed by atoms with Gasteiger partial charge in [0.15, 0.2) is 0 Å². The standard InChI is InChI=1S/C21H23N3O/c25-21-22-18-9-5-4-8-17(18)20(16-6-2-1-3-7-16)24(21)19-14-23-12-10-15(19)11-13-23/h1-9,15,19-20H,10-14H2,(H,22,25). The predicted molar refractivity (Wildman–Crippen MR) is 98.5 cm³/mol. The van der Waals surface area contributed by atoms with Crippen molar-refractivity contribution in [2.45, 2.75) is 24.9 Å². The van der Waals surface area contributed by atoms with Crippen LogP contribution in [0.25, 0.3) is 0 Å². The Morgan fingerprint density at radius 3 is 2.36 bits per heavy atom. The average Bonchev–Trinajstić information content (AvgIpc) is 2.68. The number of benzene rings is 2. The molecule has 3 saturated heterocycles. The lowest BCUT2D eigenvalue weighted by molar-refractivity contribution is 0.0133. The Hall–Kier alpha value is -2.33. The molecule has 0 radical (unpaired) electrons. The third-order valence-corrected chi connectivity index (χ3v) is 6.10. The van der Waals surface area contributed by atoms with Gasteiger partial charge < -0.3 is 15.1 Å². The summed E-state index contributed by atoms with van der Waals surface area (Å²) in [4.78, 5) is 17.8. The molecule has 4 heteroatoms. The number of rotatable bonds is 2. The Labute approximate surface area is 148 Å². The number of carbonyl (C=O) groups is 1. The van der Waals surface area contributed by atoms with Gasteiger partial charge in [0.2, 0.25) is 0 Å². The first-order chi connectivity index (χ1) is 12.3. The highest BCUT2D eigenvalue weighted by molar-refractivity contribution is 5.94. The number of nitrogens with one attached hydrogen (secondary N) is 1. The zero-order valence-electron chi connectivity index (χ0n) is 14.3. The van der Waals surface area contributed by atoms with E-state index in [4.69, 9.17) is 0 Å². The summed E-state index contributed by atoms with van der Waals surface area (Å²) in [5.74, 6) is 0.618. The van der Waals surface area contributed by atoms with Crippen molar-refractivity contribution in [3.63, 3.8) is 0 Å². The summed E-state index contributed by atoms with van der Waals surface area (Å²) < 4.78 is 0. The molecule has 0 aliphatic carbocycles. The topological polar surface area (TPSA) is 35.6 Å². The summed E-state index contributed by atoms with van der Waals surface area (Å²) in [6, 6.07) is 19.0. The molecule has 4 heterocycles. The molecule has 2 aromatic rings. The van der Waals surface area contributed by atoms with Gasteiger partial charge in [-0.2, -0.15) is 0 Å². The van der Waals surface area contributed by atoms with E-state index in [-0.39, 0.29) is 12.1 Å². The van der Waals surface area contributed by atoms with Crippen molar-refractivity contribution in [3.05, 3.63) is 65.7 Å². The molecule has 0 aromatic heterocycles. The second-order valence-corrected chi connectivity index (χ2v) is 7.44. The monoisotopic (exact) mass is 333 g/mol. The number of urea groups is 1. The Morgan fingerprint density at radius 1 is 0.920 bits per heavy atom. The number of hydrogen-bond acceptors (Lipinski definition) is 2. The third kappa shape index (κ3) is 2.44. The maximum atomic E-state index is 13.1. The molecule has 6 rings (SSSR count). The van der Waals surface area contributed by atoms with Crippen LogP contribution in [0.3, 0.4) is 0 Å². The Bertz CT molecular complexity index is 783. The van der Waals surface area contributed by atoms with Crippen LogP contribution in [0.2, 0.25) is 0 Å². The lowest BCUT2D eigenvalue weighted by atomic mass is 9.81. The van der Waals surface area contributed by atoms with Gasteiger partial charge in [-0.25, -0.2) is 4.79 Å². The summed E-state index contributed by atoms with van der Waals surface area (Å²) in [5, 5.41) is 3.13. The van der Waals surface area contributed by atoms with Gasteiger partial charge in [-0.1, -0.05) is 48.5 Å². The van der Waals surface area contributed by atoms with E-state index in [1.54, 1.807) is 0 Å². The normalized spacial score (nSPS) is 30.7. The van der Waals surface area contributed by atoms with Crippen LogP contribution in [0.5, 0.6) is 0 Å². The van der Waals surface area contributed by atoms with Gasteiger partial charge in [-0.15, -0.1) is 0 Å². The van der Waals surface area contributed by atoms with Gasteiger partial charge in [-0.3, -0.25) is 0 Å². The Kier molecular flexibility index (Phi) is 3.52. The lowest BCUT2D eigenvalue weighted by Crippen LogP contribution is -2.61. The van der Waals surface area contributed by atoms with E-state index in [2.05, 4.69) is 51.5 Å². The number of hydrogen-bond donors (Lipinski definition) is 1. The fraction of sp³-hybridized carbons (Fsp3) is 0.381. The second kappa shape index (κ2) is 5.88. The molecular formula is C21H23N3O.